The van der Waals surface area contributed by atoms with Crippen LogP contribution in [0.3, 0.4) is 0 Å². The van der Waals surface area contributed by atoms with Gasteiger partial charge in [-0.3, -0.25) is 4.79 Å². The van der Waals surface area contributed by atoms with Crippen molar-refractivity contribution in [2.75, 3.05) is 37.7 Å². The van der Waals surface area contributed by atoms with Crippen LogP contribution in [0.4, 0.5) is 10.5 Å². The molecule has 142 valence electrons. The topological polar surface area (TPSA) is 74.8 Å². The SMILES string of the molecule is CCOC(=O)N1CCN(c2ccc(C(=O)NC3CCCCC3)nc2)CC1. The molecule has 3 rings (SSSR count). The summed E-state index contributed by atoms with van der Waals surface area (Å²) >= 11 is 0. The molecule has 2 aliphatic rings. The van der Waals surface area contributed by atoms with Gasteiger partial charge in [0.05, 0.1) is 18.5 Å². The molecule has 2 fully saturated rings. The van der Waals surface area contributed by atoms with Crippen molar-refractivity contribution >= 4 is 17.7 Å². The predicted molar refractivity (Wildman–Crippen MR) is 99.4 cm³/mol. The lowest BCUT2D eigenvalue weighted by Crippen LogP contribution is -2.49. The minimum absolute atomic E-state index is 0.0874. The van der Waals surface area contributed by atoms with Gasteiger partial charge in [-0.05, 0) is 31.9 Å². The molecule has 1 N–H and O–H groups in total. The summed E-state index contributed by atoms with van der Waals surface area (Å²) in [6, 6.07) is 4.00. The molecule has 7 heteroatoms. The molecular formula is C19H28N4O3. The molecule has 1 aromatic rings. The number of nitrogens with zero attached hydrogens (tertiary/aromatic N) is 3. The first-order chi connectivity index (χ1) is 12.7. The van der Waals surface area contributed by atoms with Crippen LogP contribution >= 0.6 is 0 Å². The highest BCUT2D eigenvalue weighted by Crippen LogP contribution is 2.19. The summed E-state index contributed by atoms with van der Waals surface area (Å²) in [5.41, 5.74) is 1.44. The van der Waals surface area contributed by atoms with Gasteiger partial charge in [0.15, 0.2) is 0 Å². The molecule has 0 aromatic carbocycles. The molecule has 1 saturated heterocycles. The number of pyridine rings is 1. The lowest BCUT2D eigenvalue weighted by Gasteiger charge is -2.35. The number of carbonyl (C=O) groups excluding carboxylic acids is 2. The van der Waals surface area contributed by atoms with Crippen LogP contribution in [-0.4, -0.2) is 60.7 Å². The highest BCUT2D eigenvalue weighted by molar-refractivity contribution is 5.92. The van der Waals surface area contributed by atoms with Gasteiger partial charge in [-0.15, -0.1) is 0 Å². The van der Waals surface area contributed by atoms with E-state index in [0.717, 1.165) is 31.6 Å². The quantitative estimate of drug-likeness (QED) is 0.892. The molecule has 1 aromatic heterocycles. The molecule has 2 heterocycles. The number of nitrogens with one attached hydrogen (secondary N) is 1. The first-order valence-corrected chi connectivity index (χ1v) is 9.61. The van der Waals surface area contributed by atoms with Gasteiger partial charge in [-0.25, -0.2) is 9.78 Å². The van der Waals surface area contributed by atoms with Gasteiger partial charge in [0.1, 0.15) is 5.69 Å². The number of aromatic nitrogens is 1. The van der Waals surface area contributed by atoms with Gasteiger partial charge < -0.3 is 19.9 Å². The average molecular weight is 360 g/mol. The first-order valence-electron chi connectivity index (χ1n) is 9.61. The van der Waals surface area contributed by atoms with Gasteiger partial charge in [0.25, 0.3) is 5.91 Å². The van der Waals surface area contributed by atoms with Crippen molar-refractivity contribution in [3.63, 3.8) is 0 Å². The monoisotopic (exact) mass is 360 g/mol. The molecule has 0 radical (unpaired) electrons. The number of anilines is 1. The fourth-order valence-electron chi connectivity index (χ4n) is 3.58. The molecule has 1 aliphatic carbocycles. The third-order valence-electron chi connectivity index (χ3n) is 5.09. The van der Waals surface area contributed by atoms with E-state index >= 15 is 0 Å². The van der Waals surface area contributed by atoms with Crippen molar-refractivity contribution in [1.82, 2.24) is 15.2 Å². The van der Waals surface area contributed by atoms with Crippen LogP contribution in [-0.2, 0) is 4.74 Å². The highest BCUT2D eigenvalue weighted by Gasteiger charge is 2.23. The van der Waals surface area contributed by atoms with Gasteiger partial charge in [-0.1, -0.05) is 19.3 Å². The van der Waals surface area contributed by atoms with Crippen molar-refractivity contribution in [3.05, 3.63) is 24.0 Å². The number of carbonyl (C=O) groups is 2. The van der Waals surface area contributed by atoms with E-state index in [-0.39, 0.29) is 18.0 Å². The summed E-state index contributed by atoms with van der Waals surface area (Å²) in [7, 11) is 0. The summed E-state index contributed by atoms with van der Waals surface area (Å²) in [5, 5.41) is 3.09. The van der Waals surface area contributed by atoms with Crippen LogP contribution in [0, 0.1) is 0 Å². The van der Waals surface area contributed by atoms with Crippen LogP contribution in [0.5, 0.6) is 0 Å². The fourth-order valence-corrected chi connectivity index (χ4v) is 3.58. The Bertz CT molecular complexity index is 606. The highest BCUT2D eigenvalue weighted by atomic mass is 16.6. The summed E-state index contributed by atoms with van der Waals surface area (Å²) in [6.07, 6.45) is 7.27. The van der Waals surface area contributed by atoms with Crippen LogP contribution in [0.1, 0.15) is 49.5 Å². The molecule has 26 heavy (non-hydrogen) atoms. The van der Waals surface area contributed by atoms with E-state index in [1.165, 1.54) is 19.3 Å². The zero-order valence-electron chi connectivity index (χ0n) is 15.4. The standard InChI is InChI=1S/C19H28N4O3/c1-2-26-19(25)23-12-10-22(11-13-23)16-8-9-17(20-14-16)18(24)21-15-6-4-3-5-7-15/h8-9,14-15H,2-7,10-13H2,1H3,(H,21,24). The van der Waals surface area contributed by atoms with Crippen molar-refractivity contribution in [2.45, 2.75) is 45.1 Å². The maximum absolute atomic E-state index is 12.3. The lowest BCUT2D eigenvalue weighted by atomic mass is 9.95. The van der Waals surface area contributed by atoms with E-state index in [1.54, 1.807) is 17.2 Å². The maximum Gasteiger partial charge on any atom is 0.409 e. The molecule has 0 spiro atoms. The zero-order valence-corrected chi connectivity index (χ0v) is 15.4. The van der Waals surface area contributed by atoms with Crippen molar-refractivity contribution in [2.24, 2.45) is 0 Å². The Hall–Kier alpha value is -2.31. The largest absolute Gasteiger partial charge is 0.450 e. The van der Waals surface area contributed by atoms with E-state index in [4.69, 9.17) is 4.74 Å². The number of hydrogen-bond donors (Lipinski definition) is 1. The van der Waals surface area contributed by atoms with E-state index in [1.807, 2.05) is 13.0 Å². The smallest absolute Gasteiger partial charge is 0.409 e. The number of piperazine rings is 1. The third kappa shape index (κ3) is 4.65. The van der Waals surface area contributed by atoms with Gasteiger partial charge in [0.2, 0.25) is 0 Å². The molecule has 2 amide bonds. The maximum atomic E-state index is 12.3. The molecular weight excluding hydrogens is 332 g/mol. The van der Waals surface area contributed by atoms with Crippen molar-refractivity contribution < 1.29 is 14.3 Å². The Kier molecular flexibility index (Phi) is 6.30. The lowest BCUT2D eigenvalue weighted by molar-refractivity contribution is 0.0922. The second-order valence-electron chi connectivity index (χ2n) is 6.88. The van der Waals surface area contributed by atoms with Crippen LogP contribution in [0.25, 0.3) is 0 Å². The van der Waals surface area contributed by atoms with Gasteiger partial charge >= 0.3 is 6.09 Å². The van der Waals surface area contributed by atoms with Gasteiger partial charge in [0, 0.05) is 32.2 Å². The van der Waals surface area contributed by atoms with E-state index in [9.17, 15) is 9.59 Å². The Morgan fingerprint density at radius 1 is 1.15 bits per heavy atom. The zero-order chi connectivity index (χ0) is 18.4. The number of rotatable bonds is 4. The Morgan fingerprint density at radius 2 is 1.88 bits per heavy atom. The predicted octanol–water partition coefficient (Wildman–Crippen LogP) is 2.42. The normalized spacial score (nSPS) is 18.5. The number of ether oxygens (including phenoxy) is 1. The molecule has 0 unspecified atom stereocenters. The van der Waals surface area contributed by atoms with Crippen LogP contribution in [0.15, 0.2) is 18.3 Å². The second kappa shape index (κ2) is 8.87. The molecule has 0 bridgehead atoms. The molecule has 7 nitrogen and oxygen atoms in total. The van der Waals surface area contributed by atoms with Gasteiger partial charge in [-0.2, -0.15) is 0 Å². The summed E-state index contributed by atoms with van der Waals surface area (Å²) in [4.78, 5) is 32.3. The minimum atomic E-state index is -0.250. The Balaban J connectivity index is 1.51. The van der Waals surface area contributed by atoms with Crippen LogP contribution in [0.2, 0.25) is 0 Å². The number of hydrogen-bond acceptors (Lipinski definition) is 5. The molecule has 1 saturated carbocycles. The Morgan fingerprint density at radius 3 is 2.50 bits per heavy atom. The Labute approximate surface area is 154 Å². The number of amides is 2. The molecule has 0 atom stereocenters. The van der Waals surface area contributed by atoms with E-state index < -0.39 is 0 Å². The summed E-state index contributed by atoms with van der Waals surface area (Å²) in [6.45, 7) is 4.92. The summed E-state index contributed by atoms with van der Waals surface area (Å²) in [5.74, 6) is -0.0874. The average Bonchev–Trinajstić information content (AvgIpc) is 2.69. The first kappa shape index (κ1) is 18.5. The molecule has 1 aliphatic heterocycles. The van der Waals surface area contributed by atoms with E-state index in [2.05, 4.69) is 15.2 Å². The summed E-state index contributed by atoms with van der Waals surface area (Å²) < 4.78 is 5.04. The van der Waals surface area contributed by atoms with Crippen molar-refractivity contribution in [1.29, 1.82) is 0 Å². The minimum Gasteiger partial charge on any atom is -0.450 e. The third-order valence-corrected chi connectivity index (χ3v) is 5.09. The fraction of sp³-hybridized carbons (Fsp3) is 0.632. The second-order valence-corrected chi connectivity index (χ2v) is 6.88. The van der Waals surface area contributed by atoms with Crippen LogP contribution < -0.4 is 10.2 Å². The van der Waals surface area contributed by atoms with E-state index in [0.29, 0.717) is 25.4 Å². The van der Waals surface area contributed by atoms with Crippen molar-refractivity contribution in [3.8, 4) is 0 Å².